The fraction of sp³-hybridized carbons (Fsp3) is 0.300. The summed E-state index contributed by atoms with van der Waals surface area (Å²) in [6.45, 7) is 3.29. The Morgan fingerprint density at radius 2 is 2.05 bits per heavy atom. The summed E-state index contributed by atoms with van der Waals surface area (Å²) in [5, 5.41) is 18.0. The van der Waals surface area contributed by atoms with Crippen LogP contribution in [0.15, 0.2) is 6.20 Å². The molecule has 0 saturated carbocycles. The highest BCUT2D eigenvalue weighted by atomic mass is 35.5. The monoisotopic (exact) mass is 282 g/mol. The molecule has 8 nitrogen and oxygen atoms in total. The fourth-order valence-corrected chi connectivity index (χ4v) is 1.90. The van der Waals surface area contributed by atoms with Gasteiger partial charge in [0.2, 0.25) is 11.1 Å². The molecular formula is C10H11ClN6O2. The van der Waals surface area contributed by atoms with Crippen molar-refractivity contribution < 1.29 is 4.92 Å². The molecular weight excluding hydrogens is 272 g/mol. The number of halogens is 1. The van der Waals surface area contributed by atoms with E-state index in [1.165, 1.54) is 6.92 Å². The number of nitrogens with zero attached hydrogens (tertiary/aromatic N) is 5. The van der Waals surface area contributed by atoms with Crippen molar-refractivity contribution in [2.45, 2.75) is 13.8 Å². The summed E-state index contributed by atoms with van der Waals surface area (Å²) in [5.74, 6) is 0.0543. The Balaban J connectivity index is 2.50. The van der Waals surface area contributed by atoms with Crippen LogP contribution in [0.4, 0.5) is 17.2 Å². The maximum Gasteiger partial charge on any atom is 0.332 e. The van der Waals surface area contributed by atoms with Gasteiger partial charge in [-0.15, -0.1) is 0 Å². The summed E-state index contributed by atoms with van der Waals surface area (Å²) in [6.07, 6.45) is 1.70. The molecule has 0 aliphatic rings. The summed E-state index contributed by atoms with van der Waals surface area (Å²) >= 11 is 5.73. The Kier molecular flexibility index (Phi) is 3.34. The molecule has 2 aromatic rings. The summed E-state index contributed by atoms with van der Waals surface area (Å²) in [5.41, 5.74) is 1.32. The van der Waals surface area contributed by atoms with Gasteiger partial charge in [0.25, 0.3) is 0 Å². The minimum atomic E-state index is -0.542. The van der Waals surface area contributed by atoms with E-state index in [4.69, 9.17) is 11.6 Å². The van der Waals surface area contributed by atoms with Crippen LogP contribution in [0, 0.1) is 24.0 Å². The van der Waals surface area contributed by atoms with E-state index >= 15 is 0 Å². The third-order valence-corrected chi connectivity index (χ3v) is 2.65. The molecule has 0 amide bonds. The van der Waals surface area contributed by atoms with E-state index in [1.807, 2.05) is 0 Å². The van der Waals surface area contributed by atoms with Crippen molar-refractivity contribution >= 4 is 28.8 Å². The number of anilines is 2. The minimum absolute atomic E-state index is 0.0489. The number of rotatable bonds is 3. The van der Waals surface area contributed by atoms with Gasteiger partial charge in [-0.3, -0.25) is 14.8 Å². The van der Waals surface area contributed by atoms with Gasteiger partial charge < -0.3 is 5.32 Å². The molecule has 0 atom stereocenters. The van der Waals surface area contributed by atoms with Crippen LogP contribution in [-0.2, 0) is 7.05 Å². The van der Waals surface area contributed by atoms with Gasteiger partial charge in [-0.2, -0.15) is 10.1 Å². The Morgan fingerprint density at radius 3 is 2.58 bits per heavy atom. The zero-order valence-electron chi connectivity index (χ0n) is 10.5. The standard InChI is InChI=1S/C10H11ClN6O2/c1-5-7(4-16(3)15-5)13-9-8(17(18)19)6(2)12-10(11)14-9/h4H,1-3H3,(H,12,13,14). The number of nitrogens with one attached hydrogen (secondary N) is 1. The van der Waals surface area contributed by atoms with E-state index in [-0.39, 0.29) is 22.5 Å². The van der Waals surface area contributed by atoms with E-state index in [2.05, 4.69) is 20.4 Å². The topological polar surface area (TPSA) is 98.8 Å². The van der Waals surface area contributed by atoms with Crippen molar-refractivity contribution in [1.82, 2.24) is 19.7 Å². The molecule has 0 bridgehead atoms. The average molecular weight is 283 g/mol. The van der Waals surface area contributed by atoms with Gasteiger partial charge in [-0.05, 0) is 25.4 Å². The predicted molar refractivity (Wildman–Crippen MR) is 69.7 cm³/mol. The van der Waals surface area contributed by atoms with Crippen molar-refractivity contribution in [2.75, 3.05) is 5.32 Å². The predicted octanol–water partition coefficient (Wildman–Crippen LogP) is 2.13. The van der Waals surface area contributed by atoms with Crippen LogP contribution < -0.4 is 5.32 Å². The van der Waals surface area contributed by atoms with Crippen LogP contribution in [0.5, 0.6) is 0 Å². The lowest BCUT2D eigenvalue weighted by Crippen LogP contribution is -2.04. The Morgan fingerprint density at radius 1 is 1.37 bits per heavy atom. The molecule has 0 radical (unpaired) electrons. The quantitative estimate of drug-likeness (QED) is 0.526. The van der Waals surface area contributed by atoms with Crippen LogP contribution in [0.3, 0.4) is 0 Å². The molecule has 0 saturated heterocycles. The highest BCUT2D eigenvalue weighted by molar-refractivity contribution is 6.28. The molecule has 9 heteroatoms. The van der Waals surface area contributed by atoms with E-state index in [9.17, 15) is 10.1 Å². The SMILES string of the molecule is Cc1nn(C)cc1Nc1nc(Cl)nc(C)c1[N+](=O)[O-]. The van der Waals surface area contributed by atoms with Crippen molar-refractivity contribution in [3.8, 4) is 0 Å². The van der Waals surface area contributed by atoms with Gasteiger partial charge in [-0.25, -0.2) is 4.98 Å². The number of hydrogen-bond acceptors (Lipinski definition) is 6. The lowest BCUT2D eigenvalue weighted by molar-refractivity contribution is -0.385. The Hall–Kier alpha value is -2.22. The maximum absolute atomic E-state index is 11.1. The number of hydrogen-bond donors (Lipinski definition) is 1. The van der Waals surface area contributed by atoms with E-state index in [0.717, 1.165) is 0 Å². The second-order valence-corrected chi connectivity index (χ2v) is 4.30. The van der Waals surface area contributed by atoms with Crippen molar-refractivity contribution in [2.24, 2.45) is 7.05 Å². The third kappa shape index (κ3) is 2.63. The van der Waals surface area contributed by atoms with Crippen molar-refractivity contribution in [1.29, 1.82) is 0 Å². The van der Waals surface area contributed by atoms with E-state index < -0.39 is 4.92 Å². The zero-order valence-corrected chi connectivity index (χ0v) is 11.3. The van der Waals surface area contributed by atoms with Crippen LogP contribution in [0.25, 0.3) is 0 Å². The van der Waals surface area contributed by atoms with Crippen LogP contribution in [-0.4, -0.2) is 24.7 Å². The normalized spacial score (nSPS) is 10.5. The maximum atomic E-state index is 11.1. The van der Waals surface area contributed by atoms with Crippen molar-refractivity contribution in [3.05, 3.63) is 33.0 Å². The van der Waals surface area contributed by atoms with E-state index in [1.54, 1.807) is 24.9 Å². The second-order valence-electron chi connectivity index (χ2n) is 3.96. The number of aryl methyl sites for hydroxylation is 3. The molecule has 1 N–H and O–H groups in total. The molecule has 100 valence electrons. The van der Waals surface area contributed by atoms with Gasteiger partial charge in [0.1, 0.15) is 5.69 Å². The first kappa shape index (κ1) is 13.2. The molecule has 0 aromatic carbocycles. The Labute approximate surface area is 113 Å². The highest BCUT2D eigenvalue weighted by Crippen LogP contribution is 2.29. The lowest BCUT2D eigenvalue weighted by atomic mass is 10.3. The van der Waals surface area contributed by atoms with Crippen molar-refractivity contribution in [3.63, 3.8) is 0 Å². The average Bonchev–Trinajstić information content (AvgIpc) is 2.55. The smallest absolute Gasteiger partial charge is 0.332 e. The molecule has 0 aliphatic carbocycles. The van der Waals surface area contributed by atoms with Gasteiger partial charge in [0.05, 0.1) is 16.3 Å². The summed E-state index contributed by atoms with van der Waals surface area (Å²) < 4.78 is 1.60. The van der Waals surface area contributed by atoms with Gasteiger partial charge in [-0.1, -0.05) is 0 Å². The molecule has 2 aromatic heterocycles. The second kappa shape index (κ2) is 4.81. The first-order valence-corrected chi connectivity index (χ1v) is 5.72. The highest BCUT2D eigenvalue weighted by Gasteiger charge is 2.22. The first-order valence-electron chi connectivity index (χ1n) is 5.34. The van der Waals surface area contributed by atoms with Gasteiger partial charge in [0, 0.05) is 13.2 Å². The van der Waals surface area contributed by atoms with Gasteiger partial charge >= 0.3 is 5.69 Å². The summed E-state index contributed by atoms with van der Waals surface area (Å²) in [4.78, 5) is 18.2. The molecule has 2 heterocycles. The summed E-state index contributed by atoms with van der Waals surface area (Å²) in [6, 6.07) is 0. The van der Waals surface area contributed by atoms with Crippen LogP contribution in [0.1, 0.15) is 11.4 Å². The van der Waals surface area contributed by atoms with Gasteiger partial charge in [0.15, 0.2) is 0 Å². The molecule has 0 spiro atoms. The molecule has 0 aliphatic heterocycles. The number of aromatic nitrogens is 4. The first-order chi connectivity index (χ1) is 8.88. The summed E-state index contributed by atoms with van der Waals surface area (Å²) in [7, 11) is 1.75. The number of nitro groups is 1. The third-order valence-electron chi connectivity index (χ3n) is 2.48. The molecule has 2 rings (SSSR count). The Bertz CT molecular complexity index is 654. The molecule has 0 fully saturated rings. The molecule has 19 heavy (non-hydrogen) atoms. The van der Waals surface area contributed by atoms with Crippen LogP contribution >= 0.6 is 11.6 Å². The van der Waals surface area contributed by atoms with Crippen LogP contribution in [0.2, 0.25) is 5.28 Å². The fourth-order valence-electron chi connectivity index (χ4n) is 1.69. The zero-order chi connectivity index (χ0) is 14.2. The largest absolute Gasteiger partial charge is 0.332 e. The minimum Gasteiger partial charge on any atom is -0.332 e. The molecule has 0 unspecified atom stereocenters. The van der Waals surface area contributed by atoms with E-state index in [0.29, 0.717) is 11.4 Å². The lowest BCUT2D eigenvalue weighted by Gasteiger charge is -2.06.